The van der Waals surface area contributed by atoms with Gasteiger partial charge in [0.05, 0.1) is 6.07 Å². The van der Waals surface area contributed by atoms with Gasteiger partial charge in [-0.25, -0.2) is 0 Å². The van der Waals surface area contributed by atoms with Crippen LogP contribution in [0.4, 0.5) is 0 Å². The monoisotopic (exact) mass is 260 g/mol. The topological polar surface area (TPSA) is 35.8 Å². The summed E-state index contributed by atoms with van der Waals surface area (Å²) in [6.07, 6.45) is 3.38. The summed E-state index contributed by atoms with van der Waals surface area (Å²) in [5.74, 6) is 2.06. The summed E-state index contributed by atoms with van der Waals surface area (Å²) >= 11 is 1.90. The molecule has 1 fully saturated rings. The highest BCUT2D eigenvalue weighted by Crippen LogP contribution is 2.25. The molecule has 2 rings (SSSR count). The second kappa shape index (κ2) is 6.26. The number of hydrogen-bond acceptors (Lipinski definition) is 3. The summed E-state index contributed by atoms with van der Waals surface area (Å²) in [5.41, 5.74) is 1.02. The molecule has 1 unspecified atom stereocenters. The summed E-state index contributed by atoms with van der Waals surface area (Å²) in [7, 11) is 0. The number of thioether (sulfide) groups is 1. The third kappa shape index (κ3) is 4.36. The summed E-state index contributed by atoms with van der Waals surface area (Å²) < 4.78 is 0. The van der Waals surface area contributed by atoms with Crippen molar-refractivity contribution in [3.05, 3.63) is 35.9 Å². The first-order valence-corrected chi connectivity index (χ1v) is 7.68. The van der Waals surface area contributed by atoms with Crippen molar-refractivity contribution >= 4 is 11.8 Å². The molecule has 18 heavy (non-hydrogen) atoms. The van der Waals surface area contributed by atoms with Crippen molar-refractivity contribution in [2.24, 2.45) is 0 Å². The van der Waals surface area contributed by atoms with Crippen molar-refractivity contribution in [3.8, 4) is 6.07 Å². The van der Waals surface area contributed by atoms with Gasteiger partial charge in [0.25, 0.3) is 0 Å². The normalized spacial score (nSPS) is 18.0. The molecule has 1 aliphatic rings. The van der Waals surface area contributed by atoms with Gasteiger partial charge >= 0.3 is 0 Å². The molecule has 96 valence electrons. The Morgan fingerprint density at radius 3 is 2.72 bits per heavy atom. The van der Waals surface area contributed by atoms with Crippen LogP contribution in [0, 0.1) is 11.3 Å². The molecule has 0 aliphatic heterocycles. The lowest BCUT2D eigenvalue weighted by Gasteiger charge is -2.22. The zero-order valence-corrected chi connectivity index (χ0v) is 11.7. The van der Waals surface area contributed by atoms with Crippen LogP contribution in [0.5, 0.6) is 0 Å². The zero-order chi connectivity index (χ0) is 12.8. The molecular formula is C15H20N2S. The van der Waals surface area contributed by atoms with Gasteiger partial charge in [0.15, 0.2) is 0 Å². The van der Waals surface area contributed by atoms with Crippen LogP contribution >= 0.6 is 11.8 Å². The minimum absolute atomic E-state index is 0.342. The lowest BCUT2D eigenvalue weighted by atomic mass is 10.0. The molecule has 0 bridgehead atoms. The van der Waals surface area contributed by atoms with Crippen molar-refractivity contribution in [2.75, 3.05) is 5.75 Å². The van der Waals surface area contributed by atoms with Crippen molar-refractivity contribution in [3.63, 3.8) is 0 Å². The summed E-state index contributed by atoms with van der Waals surface area (Å²) in [6, 6.07) is 13.5. The van der Waals surface area contributed by atoms with Gasteiger partial charge in [-0.1, -0.05) is 30.3 Å². The second-order valence-electron chi connectivity index (χ2n) is 5.15. The zero-order valence-electron chi connectivity index (χ0n) is 10.9. The molecule has 0 heterocycles. The number of nitrogens with one attached hydrogen (secondary N) is 1. The van der Waals surface area contributed by atoms with Crippen LogP contribution in [-0.4, -0.2) is 17.3 Å². The van der Waals surface area contributed by atoms with Crippen molar-refractivity contribution < 1.29 is 0 Å². The van der Waals surface area contributed by atoms with Gasteiger partial charge in [0.1, 0.15) is 5.54 Å². The first kappa shape index (κ1) is 13.5. The predicted molar refractivity (Wildman–Crippen MR) is 77.4 cm³/mol. The summed E-state index contributed by atoms with van der Waals surface area (Å²) in [6.45, 7) is 2.02. The minimum atomic E-state index is -0.342. The van der Waals surface area contributed by atoms with Crippen LogP contribution in [0.25, 0.3) is 0 Å². The van der Waals surface area contributed by atoms with Crippen LogP contribution < -0.4 is 5.32 Å². The maximum absolute atomic E-state index is 9.26. The van der Waals surface area contributed by atoms with Crippen molar-refractivity contribution in [1.29, 1.82) is 5.26 Å². The molecule has 0 saturated heterocycles. The van der Waals surface area contributed by atoms with E-state index >= 15 is 0 Å². The number of hydrogen-bond donors (Lipinski definition) is 1. The largest absolute Gasteiger partial charge is 0.297 e. The first-order chi connectivity index (χ1) is 8.72. The second-order valence-corrected chi connectivity index (χ2v) is 6.26. The van der Waals surface area contributed by atoms with E-state index in [0.717, 1.165) is 17.9 Å². The lowest BCUT2D eigenvalue weighted by molar-refractivity contribution is 0.434. The van der Waals surface area contributed by atoms with Crippen molar-refractivity contribution in [1.82, 2.24) is 5.32 Å². The third-order valence-corrected chi connectivity index (χ3v) is 4.24. The van der Waals surface area contributed by atoms with E-state index in [1.165, 1.54) is 18.4 Å². The molecular weight excluding hydrogens is 240 g/mol. The highest BCUT2D eigenvalue weighted by atomic mass is 32.2. The minimum Gasteiger partial charge on any atom is -0.297 e. The quantitative estimate of drug-likeness (QED) is 0.764. The Labute approximate surface area is 114 Å². The van der Waals surface area contributed by atoms with Gasteiger partial charge in [0, 0.05) is 11.8 Å². The standard InChI is InChI=1S/C15H20N2S/c1-15(12-16,17-14-7-8-14)9-10-18-11-13-5-3-2-4-6-13/h2-6,14,17H,7-11H2,1H3. The Balaban J connectivity index is 1.69. The third-order valence-electron chi connectivity index (χ3n) is 3.20. The van der Waals surface area contributed by atoms with E-state index in [1.54, 1.807) is 0 Å². The van der Waals surface area contributed by atoms with Crippen LogP contribution in [0.3, 0.4) is 0 Å². The Hall–Kier alpha value is -0.980. The Morgan fingerprint density at radius 2 is 2.11 bits per heavy atom. The van der Waals surface area contributed by atoms with Gasteiger partial charge in [-0.05, 0) is 37.5 Å². The first-order valence-electron chi connectivity index (χ1n) is 6.52. The smallest absolute Gasteiger partial charge is 0.104 e. The van der Waals surface area contributed by atoms with E-state index in [9.17, 15) is 5.26 Å². The van der Waals surface area contributed by atoms with E-state index in [4.69, 9.17) is 0 Å². The Bertz CT molecular complexity index is 408. The fourth-order valence-electron chi connectivity index (χ4n) is 1.88. The fraction of sp³-hybridized carbons (Fsp3) is 0.533. The maximum Gasteiger partial charge on any atom is 0.104 e. The molecule has 1 aromatic rings. The molecule has 1 saturated carbocycles. The Kier molecular flexibility index (Phi) is 4.68. The van der Waals surface area contributed by atoms with E-state index in [1.807, 2.05) is 24.8 Å². The molecule has 1 aromatic carbocycles. The average molecular weight is 260 g/mol. The van der Waals surface area contributed by atoms with E-state index in [-0.39, 0.29) is 5.54 Å². The van der Waals surface area contributed by atoms with Crippen molar-refractivity contribution in [2.45, 2.75) is 43.5 Å². The van der Waals surface area contributed by atoms with Crippen LogP contribution in [-0.2, 0) is 5.75 Å². The SMILES string of the molecule is CC(C#N)(CCSCc1ccccc1)NC1CC1. The Morgan fingerprint density at radius 1 is 1.39 bits per heavy atom. The molecule has 2 nitrogen and oxygen atoms in total. The van der Waals surface area contributed by atoms with Gasteiger partial charge < -0.3 is 0 Å². The molecule has 0 radical (unpaired) electrons. The van der Waals surface area contributed by atoms with E-state index in [2.05, 4.69) is 35.7 Å². The molecule has 1 aliphatic carbocycles. The molecule has 1 N–H and O–H groups in total. The maximum atomic E-state index is 9.26. The molecule has 0 amide bonds. The predicted octanol–water partition coefficient (Wildman–Crippen LogP) is 3.34. The van der Waals surface area contributed by atoms with Crippen LogP contribution in [0.2, 0.25) is 0 Å². The molecule has 0 aromatic heterocycles. The molecule has 1 atom stereocenters. The van der Waals surface area contributed by atoms with Gasteiger partial charge in [0.2, 0.25) is 0 Å². The van der Waals surface area contributed by atoms with E-state index < -0.39 is 0 Å². The number of nitrogens with zero attached hydrogens (tertiary/aromatic N) is 1. The average Bonchev–Trinajstić information content (AvgIpc) is 3.20. The van der Waals surface area contributed by atoms with E-state index in [0.29, 0.717) is 6.04 Å². The van der Waals surface area contributed by atoms with Gasteiger partial charge in [-0.3, -0.25) is 5.32 Å². The highest BCUT2D eigenvalue weighted by molar-refractivity contribution is 7.98. The molecule has 0 spiro atoms. The number of benzene rings is 1. The highest BCUT2D eigenvalue weighted by Gasteiger charge is 2.31. The van der Waals surface area contributed by atoms with Gasteiger partial charge in [-0.15, -0.1) is 0 Å². The summed E-state index contributed by atoms with van der Waals surface area (Å²) in [4.78, 5) is 0. The van der Waals surface area contributed by atoms with Gasteiger partial charge in [-0.2, -0.15) is 17.0 Å². The van der Waals surface area contributed by atoms with Crippen LogP contribution in [0.15, 0.2) is 30.3 Å². The summed E-state index contributed by atoms with van der Waals surface area (Å²) in [5, 5.41) is 12.7. The number of rotatable bonds is 7. The fourth-order valence-corrected chi connectivity index (χ4v) is 3.00. The van der Waals surface area contributed by atoms with Crippen LogP contribution in [0.1, 0.15) is 31.7 Å². The number of nitriles is 1. The lowest BCUT2D eigenvalue weighted by Crippen LogP contribution is -2.42. The molecule has 3 heteroatoms.